The number of nitrogens with one attached hydrogen (secondary N) is 2. The Hall–Kier alpha value is -3.43. The van der Waals surface area contributed by atoms with Gasteiger partial charge in [-0.25, -0.2) is 14.2 Å². The van der Waals surface area contributed by atoms with Gasteiger partial charge in [-0.15, -0.1) is 0 Å². The third kappa shape index (κ3) is 4.76. The number of likely N-dealkylation sites (N-methyl/N-ethyl adjacent to an activating group) is 1. The van der Waals surface area contributed by atoms with Crippen molar-refractivity contribution in [3.8, 4) is 0 Å². The lowest BCUT2D eigenvalue weighted by Crippen LogP contribution is -2.49. The quantitative estimate of drug-likeness (QED) is 0.743. The van der Waals surface area contributed by atoms with Crippen LogP contribution in [0.5, 0.6) is 0 Å². The molecule has 2 N–H and O–H groups in total. The fraction of sp³-hybridized carbons (Fsp3) is 0.250. The van der Waals surface area contributed by atoms with Gasteiger partial charge in [0.2, 0.25) is 6.17 Å². The summed E-state index contributed by atoms with van der Waals surface area (Å²) >= 11 is 0. The Morgan fingerprint density at radius 2 is 1.73 bits per heavy atom. The second-order valence-electron chi connectivity index (χ2n) is 6.54. The van der Waals surface area contributed by atoms with E-state index in [1.807, 2.05) is 5.32 Å². The predicted octanol–water partition coefficient (Wildman–Crippen LogP) is 3.22. The van der Waals surface area contributed by atoms with Crippen LogP contribution in [0.1, 0.15) is 17.5 Å². The minimum Gasteiger partial charge on any atom is -0.338 e. The van der Waals surface area contributed by atoms with Crippen LogP contribution in [0.15, 0.2) is 53.5 Å². The van der Waals surface area contributed by atoms with Crippen LogP contribution < -0.4 is 15.5 Å². The lowest BCUT2D eigenvalue weighted by molar-refractivity contribution is -0.133. The number of anilines is 1. The van der Waals surface area contributed by atoms with Crippen molar-refractivity contribution in [3.05, 3.63) is 65.5 Å². The molecule has 0 saturated heterocycles. The molecule has 3 amide bonds. The third-order valence-electron chi connectivity index (χ3n) is 4.43. The van der Waals surface area contributed by atoms with Crippen LogP contribution in [-0.4, -0.2) is 43.6 Å². The molecule has 0 aliphatic carbocycles. The van der Waals surface area contributed by atoms with Crippen LogP contribution in [0.25, 0.3) is 0 Å². The van der Waals surface area contributed by atoms with Gasteiger partial charge in [-0.2, -0.15) is 13.2 Å². The summed E-state index contributed by atoms with van der Waals surface area (Å²) in [6, 6.07) is 11.5. The largest absolute Gasteiger partial charge is 0.390 e. The van der Waals surface area contributed by atoms with E-state index in [1.165, 1.54) is 30.1 Å². The van der Waals surface area contributed by atoms with Crippen LogP contribution >= 0.6 is 0 Å². The molecular weight excluding hydrogens is 404 g/mol. The molecule has 1 atom stereocenters. The predicted molar refractivity (Wildman–Crippen MR) is 103 cm³/mol. The Morgan fingerprint density at radius 1 is 1.10 bits per heavy atom. The molecule has 1 heterocycles. The molecule has 0 saturated carbocycles. The number of urea groups is 1. The highest BCUT2D eigenvalue weighted by Gasteiger charge is 2.32. The summed E-state index contributed by atoms with van der Waals surface area (Å²) in [5.74, 6) is -1.20. The average molecular weight is 422 g/mol. The Labute approximate surface area is 169 Å². The fourth-order valence-electron chi connectivity index (χ4n) is 2.98. The van der Waals surface area contributed by atoms with Gasteiger partial charge >= 0.3 is 12.2 Å². The van der Waals surface area contributed by atoms with E-state index in [4.69, 9.17) is 0 Å². The van der Waals surface area contributed by atoms with E-state index in [0.717, 1.165) is 0 Å². The number of para-hydroxylation sites is 1. The van der Waals surface area contributed by atoms with Crippen LogP contribution in [0.4, 0.5) is 28.0 Å². The van der Waals surface area contributed by atoms with Gasteiger partial charge in [0.15, 0.2) is 0 Å². The molecule has 6 nitrogen and oxygen atoms in total. The zero-order chi connectivity index (χ0) is 21.9. The smallest absolute Gasteiger partial charge is 0.338 e. The summed E-state index contributed by atoms with van der Waals surface area (Å²) in [5.41, 5.74) is 1.19. The first-order valence-corrected chi connectivity index (χ1v) is 8.98. The van der Waals surface area contributed by atoms with Crippen molar-refractivity contribution in [2.24, 2.45) is 4.99 Å². The van der Waals surface area contributed by atoms with Crippen molar-refractivity contribution >= 4 is 23.3 Å². The van der Waals surface area contributed by atoms with E-state index in [2.05, 4.69) is 10.3 Å². The molecule has 10 heteroatoms. The van der Waals surface area contributed by atoms with E-state index in [9.17, 15) is 27.2 Å². The molecule has 0 aromatic heterocycles. The summed E-state index contributed by atoms with van der Waals surface area (Å²) < 4.78 is 51.3. The van der Waals surface area contributed by atoms with E-state index in [0.29, 0.717) is 11.3 Å². The van der Waals surface area contributed by atoms with Gasteiger partial charge in [0.25, 0.3) is 5.91 Å². The molecular formula is C20H18F4N4O2. The molecule has 0 bridgehead atoms. The summed E-state index contributed by atoms with van der Waals surface area (Å²) in [6.07, 6.45) is -7.10. The Bertz CT molecular complexity index is 991. The maximum atomic E-state index is 14.5. The first kappa shape index (κ1) is 21.3. The number of amides is 3. The second kappa shape index (κ2) is 8.52. The van der Waals surface area contributed by atoms with Gasteiger partial charge in [0.05, 0.1) is 17.8 Å². The summed E-state index contributed by atoms with van der Waals surface area (Å²) in [7, 11) is 1.47. The third-order valence-corrected chi connectivity index (χ3v) is 4.43. The summed E-state index contributed by atoms with van der Waals surface area (Å²) in [6.45, 7) is -0.657. The minimum atomic E-state index is -4.43. The lowest BCUT2D eigenvalue weighted by atomic mass is 10.00. The van der Waals surface area contributed by atoms with Crippen molar-refractivity contribution in [1.82, 2.24) is 10.6 Å². The SMILES string of the molecule is CN1C(=O)C(NC(=O)NCCC(F)(F)F)N=C(c2ccccc2F)c2ccccc21. The number of fused-ring (bicyclic) bond motifs is 1. The standard InChI is InChI=1S/C20H18F4N4O2/c1-28-15-9-5-3-7-13(15)16(12-6-2-4-8-14(12)21)26-17(18(28)29)27-19(30)25-11-10-20(22,23)24/h2-9,17H,10-11H2,1H3,(H2,25,27,30). The number of aliphatic imine (C=N–C) groups is 1. The van der Waals surface area contributed by atoms with Gasteiger partial charge in [0, 0.05) is 24.7 Å². The number of benzodiazepines with no additional fused rings is 1. The molecule has 30 heavy (non-hydrogen) atoms. The number of halogens is 4. The molecule has 1 aliphatic heterocycles. The summed E-state index contributed by atoms with van der Waals surface area (Å²) in [5, 5.41) is 4.31. The first-order valence-electron chi connectivity index (χ1n) is 8.98. The Morgan fingerprint density at radius 3 is 2.40 bits per heavy atom. The maximum absolute atomic E-state index is 14.5. The second-order valence-corrected chi connectivity index (χ2v) is 6.54. The number of benzene rings is 2. The number of alkyl halides is 3. The van der Waals surface area contributed by atoms with Gasteiger partial charge in [-0.3, -0.25) is 4.79 Å². The molecule has 158 valence electrons. The van der Waals surface area contributed by atoms with Gasteiger partial charge in [-0.05, 0) is 18.2 Å². The zero-order valence-corrected chi connectivity index (χ0v) is 15.8. The first-order chi connectivity index (χ1) is 14.2. The van der Waals surface area contributed by atoms with E-state index < -0.39 is 43.1 Å². The highest BCUT2D eigenvalue weighted by molar-refractivity contribution is 6.20. The monoisotopic (exact) mass is 422 g/mol. The van der Waals surface area contributed by atoms with E-state index >= 15 is 0 Å². The highest BCUT2D eigenvalue weighted by Crippen LogP contribution is 2.28. The van der Waals surface area contributed by atoms with Crippen molar-refractivity contribution in [3.63, 3.8) is 0 Å². The van der Waals surface area contributed by atoms with Gasteiger partial charge in [-0.1, -0.05) is 30.3 Å². The zero-order valence-electron chi connectivity index (χ0n) is 15.8. The topological polar surface area (TPSA) is 73.8 Å². The number of carbonyl (C=O) groups excluding carboxylic acids is 2. The van der Waals surface area contributed by atoms with Crippen molar-refractivity contribution in [2.75, 3.05) is 18.5 Å². The number of carbonyl (C=O) groups is 2. The van der Waals surface area contributed by atoms with Crippen LogP contribution in [-0.2, 0) is 4.79 Å². The van der Waals surface area contributed by atoms with E-state index in [-0.39, 0.29) is 11.3 Å². The number of nitrogens with zero attached hydrogens (tertiary/aromatic N) is 2. The minimum absolute atomic E-state index is 0.123. The molecule has 0 spiro atoms. The van der Waals surface area contributed by atoms with Crippen LogP contribution in [0.3, 0.4) is 0 Å². The molecule has 1 unspecified atom stereocenters. The average Bonchev–Trinajstić information content (AvgIpc) is 2.78. The number of rotatable bonds is 4. The molecule has 0 fully saturated rings. The van der Waals surface area contributed by atoms with Crippen LogP contribution in [0, 0.1) is 5.82 Å². The summed E-state index contributed by atoms with van der Waals surface area (Å²) in [4.78, 5) is 30.4. The van der Waals surface area contributed by atoms with Gasteiger partial charge < -0.3 is 15.5 Å². The molecule has 2 aromatic carbocycles. The van der Waals surface area contributed by atoms with Crippen LogP contribution in [0.2, 0.25) is 0 Å². The van der Waals surface area contributed by atoms with Crippen molar-refractivity contribution < 1.29 is 27.2 Å². The number of hydrogen-bond donors (Lipinski definition) is 2. The van der Waals surface area contributed by atoms with Gasteiger partial charge in [0.1, 0.15) is 5.82 Å². The Kier molecular flexibility index (Phi) is 6.04. The van der Waals surface area contributed by atoms with E-state index in [1.54, 1.807) is 30.3 Å². The highest BCUT2D eigenvalue weighted by atomic mass is 19.4. The van der Waals surface area contributed by atoms with Crippen molar-refractivity contribution in [2.45, 2.75) is 18.8 Å². The molecule has 0 radical (unpaired) electrons. The molecule has 3 rings (SSSR count). The lowest BCUT2D eigenvalue weighted by Gasteiger charge is -2.21. The Balaban J connectivity index is 1.94. The van der Waals surface area contributed by atoms with Crippen molar-refractivity contribution in [1.29, 1.82) is 0 Å². The fourth-order valence-corrected chi connectivity index (χ4v) is 2.98. The molecule has 2 aromatic rings. The molecule has 1 aliphatic rings. The number of hydrogen-bond acceptors (Lipinski definition) is 3. The normalized spacial score (nSPS) is 16.4. The maximum Gasteiger partial charge on any atom is 0.390 e.